The normalized spacial score (nSPS) is 11.1. The molecule has 0 aliphatic heterocycles. The fraction of sp³-hybridized carbons (Fsp3) is 0.333. The predicted molar refractivity (Wildman–Crippen MR) is 129 cm³/mol. The Labute approximate surface area is 198 Å². The Morgan fingerprint density at radius 3 is 2.39 bits per heavy atom. The molecule has 0 aliphatic rings. The van der Waals surface area contributed by atoms with Crippen LogP contribution in [0.25, 0.3) is 6.08 Å². The minimum absolute atomic E-state index is 0.0899. The highest BCUT2D eigenvalue weighted by Gasteiger charge is 2.13. The summed E-state index contributed by atoms with van der Waals surface area (Å²) in [4.78, 5) is 12.4. The van der Waals surface area contributed by atoms with Crippen LogP contribution in [-0.4, -0.2) is 12.5 Å². The van der Waals surface area contributed by atoms with Gasteiger partial charge >= 0.3 is 0 Å². The van der Waals surface area contributed by atoms with E-state index in [-0.39, 0.29) is 5.57 Å². The number of unbranched alkanes of at least 4 members (excludes halogenated alkanes) is 5. The van der Waals surface area contributed by atoms with Crippen molar-refractivity contribution >= 4 is 52.5 Å². The van der Waals surface area contributed by atoms with E-state index in [0.29, 0.717) is 38.7 Å². The fourth-order valence-corrected chi connectivity index (χ4v) is 3.74. The Morgan fingerprint density at radius 1 is 1.06 bits per heavy atom. The molecule has 2 aromatic carbocycles. The number of halogens is 3. The van der Waals surface area contributed by atoms with Gasteiger partial charge in [0.2, 0.25) is 0 Å². The molecule has 0 saturated carbocycles. The van der Waals surface area contributed by atoms with Crippen LogP contribution in [0, 0.1) is 11.3 Å². The molecule has 31 heavy (non-hydrogen) atoms. The van der Waals surface area contributed by atoms with E-state index in [9.17, 15) is 10.1 Å². The molecule has 2 aromatic rings. The van der Waals surface area contributed by atoms with Gasteiger partial charge in [0.1, 0.15) is 11.6 Å². The number of anilines is 1. The number of rotatable bonds is 11. The van der Waals surface area contributed by atoms with Crippen LogP contribution in [0.2, 0.25) is 15.1 Å². The molecule has 0 radical (unpaired) electrons. The summed E-state index contributed by atoms with van der Waals surface area (Å²) in [6.07, 6.45) is 8.37. The lowest BCUT2D eigenvalue weighted by atomic mass is 10.1. The average molecular weight is 480 g/mol. The maximum absolute atomic E-state index is 12.4. The van der Waals surface area contributed by atoms with E-state index in [1.807, 2.05) is 6.07 Å². The molecule has 0 saturated heterocycles. The van der Waals surface area contributed by atoms with Crippen molar-refractivity contribution in [3.05, 3.63) is 62.6 Å². The third kappa shape index (κ3) is 8.45. The number of nitrogens with zero attached hydrogens (tertiary/aromatic N) is 1. The van der Waals surface area contributed by atoms with Gasteiger partial charge in [-0.2, -0.15) is 5.26 Å². The van der Waals surface area contributed by atoms with Gasteiger partial charge in [-0.3, -0.25) is 4.79 Å². The lowest BCUT2D eigenvalue weighted by Crippen LogP contribution is -2.13. The number of carbonyl (C=O) groups is 1. The first-order chi connectivity index (χ1) is 14.9. The fourth-order valence-electron chi connectivity index (χ4n) is 2.94. The molecule has 2 rings (SSSR count). The van der Waals surface area contributed by atoms with Crippen molar-refractivity contribution in [3.63, 3.8) is 0 Å². The maximum atomic E-state index is 12.4. The summed E-state index contributed by atoms with van der Waals surface area (Å²) in [6, 6.07) is 11.8. The number of nitrogens with one attached hydrogen (secondary N) is 1. The third-order valence-corrected chi connectivity index (χ3v) is 5.32. The standard InChI is InChI=1S/C24H25Cl3N2O2/c1-2-3-4-5-6-7-11-31-23-21(26)13-17(14-22(23)27)12-18(16-28)24(30)29-20-10-8-9-19(25)15-20/h8-10,12-15H,2-7,11H2,1H3,(H,29,30). The number of nitriles is 1. The van der Waals surface area contributed by atoms with Crippen LogP contribution in [-0.2, 0) is 4.79 Å². The first kappa shape index (κ1) is 25.1. The second-order valence-electron chi connectivity index (χ2n) is 7.06. The van der Waals surface area contributed by atoms with Crippen LogP contribution >= 0.6 is 34.8 Å². The molecule has 4 nitrogen and oxygen atoms in total. The smallest absolute Gasteiger partial charge is 0.266 e. The lowest BCUT2D eigenvalue weighted by molar-refractivity contribution is -0.112. The van der Waals surface area contributed by atoms with E-state index in [1.165, 1.54) is 31.8 Å². The van der Waals surface area contributed by atoms with Gasteiger partial charge in [-0.05, 0) is 48.4 Å². The summed E-state index contributed by atoms with van der Waals surface area (Å²) in [6.45, 7) is 2.73. The minimum atomic E-state index is -0.555. The maximum Gasteiger partial charge on any atom is 0.266 e. The van der Waals surface area contributed by atoms with E-state index in [1.54, 1.807) is 36.4 Å². The first-order valence-corrected chi connectivity index (χ1v) is 11.4. The summed E-state index contributed by atoms with van der Waals surface area (Å²) in [5, 5.41) is 13.2. The quantitative estimate of drug-likeness (QED) is 0.202. The van der Waals surface area contributed by atoms with Gasteiger partial charge in [0.15, 0.2) is 5.75 Å². The molecule has 0 atom stereocenters. The van der Waals surface area contributed by atoms with Crippen LogP contribution in [0.4, 0.5) is 5.69 Å². The molecular weight excluding hydrogens is 455 g/mol. The Bertz CT molecular complexity index is 945. The topological polar surface area (TPSA) is 62.1 Å². The highest BCUT2D eigenvalue weighted by Crippen LogP contribution is 2.35. The van der Waals surface area contributed by atoms with Crippen molar-refractivity contribution in [2.24, 2.45) is 0 Å². The molecule has 0 heterocycles. The monoisotopic (exact) mass is 478 g/mol. The Morgan fingerprint density at radius 2 is 1.74 bits per heavy atom. The van der Waals surface area contributed by atoms with Crippen LogP contribution in [0.5, 0.6) is 5.75 Å². The highest BCUT2D eigenvalue weighted by molar-refractivity contribution is 6.37. The number of amides is 1. The zero-order valence-corrected chi connectivity index (χ0v) is 19.7. The van der Waals surface area contributed by atoms with Gasteiger partial charge < -0.3 is 10.1 Å². The number of hydrogen-bond acceptors (Lipinski definition) is 3. The van der Waals surface area contributed by atoms with Crippen LogP contribution in [0.1, 0.15) is 51.0 Å². The summed E-state index contributed by atoms with van der Waals surface area (Å²) < 4.78 is 5.76. The molecule has 0 fully saturated rings. The lowest BCUT2D eigenvalue weighted by Gasteiger charge is -2.11. The number of ether oxygens (including phenoxy) is 1. The van der Waals surface area contributed by atoms with Crippen molar-refractivity contribution in [2.45, 2.75) is 45.4 Å². The van der Waals surface area contributed by atoms with Crippen molar-refractivity contribution in [2.75, 3.05) is 11.9 Å². The molecule has 0 bridgehead atoms. The molecule has 7 heteroatoms. The first-order valence-electron chi connectivity index (χ1n) is 10.2. The minimum Gasteiger partial charge on any atom is -0.490 e. The number of hydrogen-bond donors (Lipinski definition) is 1. The third-order valence-electron chi connectivity index (χ3n) is 4.52. The molecular formula is C24H25Cl3N2O2. The Kier molecular flexibility index (Phi) is 10.7. The van der Waals surface area contributed by atoms with Crippen molar-refractivity contribution < 1.29 is 9.53 Å². The Hall–Kier alpha value is -2.19. The van der Waals surface area contributed by atoms with Crippen molar-refractivity contribution in [3.8, 4) is 11.8 Å². The SMILES string of the molecule is CCCCCCCCOc1c(Cl)cc(C=C(C#N)C(=O)Nc2cccc(Cl)c2)cc1Cl. The highest BCUT2D eigenvalue weighted by atomic mass is 35.5. The Balaban J connectivity index is 2.02. The molecule has 0 spiro atoms. The number of benzene rings is 2. The summed E-state index contributed by atoms with van der Waals surface area (Å²) in [5.41, 5.74) is 0.931. The zero-order chi connectivity index (χ0) is 22.6. The predicted octanol–water partition coefficient (Wildman–Crippen LogP) is 7.93. The average Bonchev–Trinajstić information content (AvgIpc) is 2.73. The molecule has 1 N–H and O–H groups in total. The zero-order valence-electron chi connectivity index (χ0n) is 17.4. The van der Waals surface area contributed by atoms with E-state index in [4.69, 9.17) is 39.5 Å². The van der Waals surface area contributed by atoms with Crippen LogP contribution in [0.3, 0.4) is 0 Å². The van der Waals surface area contributed by atoms with Crippen molar-refractivity contribution in [1.82, 2.24) is 0 Å². The summed E-state index contributed by atoms with van der Waals surface area (Å²) in [5.74, 6) is -0.142. The summed E-state index contributed by atoms with van der Waals surface area (Å²) in [7, 11) is 0. The van der Waals surface area contributed by atoms with Crippen LogP contribution < -0.4 is 10.1 Å². The second kappa shape index (κ2) is 13.3. The van der Waals surface area contributed by atoms with Gasteiger partial charge in [-0.1, -0.05) is 79.9 Å². The number of carbonyl (C=O) groups excluding carboxylic acids is 1. The van der Waals surface area contributed by atoms with E-state index >= 15 is 0 Å². The van der Waals surface area contributed by atoms with Gasteiger partial charge in [-0.25, -0.2) is 0 Å². The van der Waals surface area contributed by atoms with Crippen molar-refractivity contribution in [1.29, 1.82) is 5.26 Å². The molecule has 1 amide bonds. The van der Waals surface area contributed by atoms with Gasteiger partial charge in [0.05, 0.1) is 16.7 Å². The largest absolute Gasteiger partial charge is 0.490 e. The van der Waals surface area contributed by atoms with E-state index in [2.05, 4.69) is 12.2 Å². The summed E-state index contributed by atoms with van der Waals surface area (Å²) >= 11 is 18.6. The second-order valence-corrected chi connectivity index (χ2v) is 8.32. The van der Waals surface area contributed by atoms with Gasteiger partial charge in [0, 0.05) is 10.7 Å². The van der Waals surface area contributed by atoms with E-state index < -0.39 is 5.91 Å². The van der Waals surface area contributed by atoms with Gasteiger partial charge in [0.25, 0.3) is 5.91 Å². The van der Waals surface area contributed by atoms with Crippen LogP contribution in [0.15, 0.2) is 42.0 Å². The molecule has 0 unspecified atom stereocenters. The molecule has 0 aromatic heterocycles. The van der Waals surface area contributed by atoms with Gasteiger partial charge in [-0.15, -0.1) is 0 Å². The molecule has 0 aliphatic carbocycles. The van der Waals surface area contributed by atoms with E-state index in [0.717, 1.165) is 12.8 Å². The molecule has 164 valence electrons.